The third-order valence-electron chi connectivity index (χ3n) is 5.95. The molecule has 0 aliphatic heterocycles. The zero-order valence-corrected chi connectivity index (χ0v) is 20.6. The summed E-state index contributed by atoms with van der Waals surface area (Å²) in [4.78, 5) is 28.1. The lowest BCUT2D eigenvalue weighted by Crippen LogP contribution is -2.51. The number of aryl methyl sites for hydroxylation is 1. The third-order valence-corrected chi connectivity index (χ3v) is 5.95. The van der Waals surface area contributed by atoms with Gasteiger partial charge in [-0.05, 0) is 55.9 Å². The molecule has 2 atom stereocenters. The van der Waals surface area contributed by atoms with Crippen LogP contribution in [-0.4, -0.2) is 49.6 Å². The first-order valence-electron chi connectivity index (χ1n) is 11.8. The Kier molecular flexibility index (Phi) is 10.7. The van der Waals surface area contributed by atoms with Crippen molar-refractivity contribution in [2.45, 2.75) is 65.0 Å². The van der Waals surface area contributed by atoms with Gasteiger partial charge in [0.1, 0.15) is 6.04 Å². The summed E-state index contributed by atoms with van der Waals surface area (Å²) in [5.74, 6) is 1.19. The lowest BCUT2D eigenvalue weighted by molar-refractivity contribution is -0.141. The molecule has 33 heavy (non-hydrogen) atoms. The summed E-state index contributed by atoms with van der Waals surface area (Å²) >= 11 is 0. The number of ether oxygens (including phenoxy) is 2. The highest BCUT2D eigenvalue weighted by atomic mass is 16.5. The van der Waals surface area contributed by atoms with E-state index in [9.17, 15) is 9.59 Å². The van der Waals surface area contributed by atoms with Gasteiger partial charge in [0, 0.05) is 19.0 Å². The van der Waals surface area contributed by atoms with Gasteiger partial charge in [-0.1, -0.05) is 50.2 Å². The van der Waals surface area contributed by atoms with E-state index in [1.807, 2.05) is 69.3 Å². The smallest absolute Gasteiger partial charge is 0.243 e. The molecule has 0 bridgehead atoms. The number of nitrogens with one attached hydrogen (secondary N) is 1. The maximum Gasteiger partial charge on any atom is 0.243 e. The van der Waals surface area contributed by atoms with E-state index in [-0.39, 0.29) is 17.9 Å². The van der Waals surface area contributed by atoms with E-state index in [1.165, 1.54) is 0 Å². The van der Waals surface area contributed by atoms with Gasteiger partial charge in [-0.25, -0.2) is 0 Å². The minimum absolute atomic E-state index is 0.0214. The highest BCUT2D eigenvalue weighted by Gasteiger charge is 2.28. The second-order valence-corrected chi connectivity index (χ2v) is 8.25. The lowest BCUT2D eigenvalue weighted by atomic mass is 10.0. The van der Waals surface area contributed by atoms with E-state index >= 15 is 0 Å². The van der Waals surface area contributed by atoms with Gasteiger partial charge < -0.3 is 19.7 Å². The van der Waals surface area contributed by atoms with Gasteiger partial charge in [-0.3, -0.25) is 9.59 Å². The number of benzene rings is 2. The van der Waals surface area contributed by atoms with E-state index in [4.69, 9.17) is 9.47 Å². The number of rotatable bonds is 13. The summed E-state index contributed by atoms with van der Waals surface area (Å²) in [6.07, 6.45) is 3.00. The van der Waals surface area contributed by atoms with Gasteiger partial charge in [0.25, 0.3) is 0 Å². The van der Waals surface area contributed by atoms with Crippen LogP contribution in [-0.2, 0) is 22.4 Å². The predicted molar refractivity (Wildman–Crippen MR) is 132 cm³/mol. The Morgan fingerprint density at radius 2 is 1.61 bits per heavy atom. The fraction of sp³-hybridized carbons (Fsp3) is 0.481. The number of carbonyl (C=O) groups is 2. The van der Waals surface area contributed by atoms with Crippen molar-refractivity contribution in [3.8, 4) is 11.5 Å². The van der Waals surface area contributed by atoms with Crippen LogP contribution < -0.4 is 14.8 Å². The van der Waals surface area contributed by atoms with Crippen LogP contribution in [0.5, 0.6) is 11.5 Å². The number of methoxy groups -OCH3 is 2. The van der Waals surface area contributed by atoms with Crippen LogP contribution in [0.25, 0.3) is 0 Å². The second-order valence-electron chi connectivity index (χ2n) is 8.25. The summed E-state index contributed by atoms with van der Waals surface area (Å²) in [6.45, 7) is 6.48. The molecule has 0 fully saturated rings. The first kappa shape index (κ1) is 26.2. The van der Waals surface area contributed by atoms with E-state index in [0.29, 0.717) is 43.7 Å². The highest BCUT2D eigenvalue weighted by molar-refractivity contribution is 5.88. The number of nitrogens with zero attached hydrogens (tertiary/aromatic N) is 1. The second kappa shape index (κ2) is 13.5. The van der Waals surface area contributed by atoms with Gasteiger partial charge in [0.05, 0.1) is 14.2 Å². The van der Waals surface area contributed by atoms with Crippen LogP contribution in [0, 0.1) is 0 Å². The normalized spacial score (nSPS) is 12.5. The molecule has 2 amide bonds. The molecule has 2 aromatic rings. The number of carbonyl (C=O) groups excluding carboxylic acids is 2. The van der Waals surface area contributed by atoms with Crippen LogP contribution in [0.2, 0.25) is 0 Å². The summed E-state index contributed by atoms with van der Waals surface area (Å²) < 4.78 is 10.7. The highest BCUT2D eigenvalue weighted by Crippen LogP contribution is 2.28. The van der Waals surface area contributed by atoms with Crippen LogP contribution in [0.1, 0.15) is 51.2 Å². The monoisotopic (exact) mass is 454 g/mol. The van der Waals surface area contributed by atoms with Gasteiger partial charge in [-0.15, -0.1) is 0 Å². The molecule has 0 spiro atoms. The lowest BCUT2D eigenvalue weighted by Gasteiger charge is -2.31. The minimum atomic E-state index is -0.486. The molecule has 1 N–H and O–H groups in total. The van der Waals surface area contributed by atoms with E-state index in [1.54, 1.807) is 19.1 Å². The summed E-state index contributed by atoms with van der Waals surface area (Å²) in [5, 5.41) is 3.05. The molecular formula is C27H38N2O4. The van der Waals surface area contributed by atoms with E-state index < -0.39 is 6.04 Å². The molecule has 0 aliphatic rings. The molecule has 0 aromatic heterocycles. The van der Waals surface area contributed by atoms with Crippen LogP contribution in [0.15, 0.2) is 48.5 Å². The Labute approximate surface area is 198 Å². The van der Waals surface area contributed by atoms with Crippen molar-refractivity contribution < 1.29 is 19.1 Å². The van der Waals surface area contributed by atoms with Crippen LogP contribution in [0.4, 0.5) is 0 Å². The van der Waals surface area contributed by atoms with Crippen molar-refractivity contribution in [2.75, 3.05) is 20.8 Å². The van der Waals surface area contributed by atoms with Crippen molar-refractivity contribution in [2.24, 2.45) is 0 Å². The van der Waals surface area contributed by atoms with Gasteiger partial charge in [0.15, 0.2) is 11.5 Å². The SMILES string of the molecule is CC[C@H](C)NC(=O)[C@H](CC)N(CCc1ccccc1)C(=O)CCc1ccc(OC)c(OC)c1. The Hall–Kier alpha value is -3.02. The summed E-state index contributed by atoms with van der Waals surface area (Å²) in [7, 11) is 3.20. The first-order valence-corrected chi connectivity index (χ1v) is 11.8. The zero-order chi connectivity index (χ0) is 24.2. The third kappa shape index (κ3) is 7.81. The average molecular weight is 455 g/mol. The average Bonchev–Trinajstić information content (AvgIpc) is 2.85. The Morgan fingerprint density at radius 3 is 2.21 bits per heavy atom. The quantitative estimate of drug-likeness (QED) is 0.487. The Bertz CT molecular complexity index is 885. The molecule has 0 saturated carbocycles. The molecule has 0 radical (unpaired) electrons. The van der Waals surface area contributed by atoms with E-state index in [2.05, 4.69) is 5.32 Å². The van der Waals surface area contributed by atoms with Crippen LogP contribution >= 0.6 is 0 Å². The van der Waals surface area contributed by atoms with Crippen molar-refractivity contribution in [1.82, 2.24) is 10.2 Å². The molecule has 0 unspecified atom stereocenters. The molecule has 180 valence electrons. The molecule has 0 saturated heterocycles. The summed E-state index contributed by atoms with van der Waals surface area (Å²) in [5.41, 5.74) is 2.13. The largest absolute Gasteiger partial charge is 0.493 e. The molecular weight excluding hydrogens is 416 g/mol. The molecule has 6 heteroatoms. The Morgan fingerprint density at radius 1 is 0.909 bits per heavy atom. The molecule has 6 nitrogen and oxygen atoms in total. The van der Waals surface area contributed by atoms with Crippen molar-refractivity contribution in [3.63, 3.8) is 0 Å². The molecule has 2 rings (SSSR count). The predicted octanol–water partition coefficient (Wildman–Crippen LogP) is 4.40. The van der Waals surface area contributed by atoms with Gasteiger partial charge in [0.2, 0.25) is 11.8 Å². The number of hydrogen-bond donors (Lipinski definition) is 1. The standard InChI is InChI=1S/C27H38N2O4/c1-6-20(3)28-27(31)23(7-2)29(18-17-21-11-9-8-10-12-21)26(30)16-14-22-13-15-24(32-4)25(19-22)33-5/h8-13,15,19-20,23H,6-7,14,16-18H2,1-5H3,(H,28,31)/t20-,23-/m0/s1. The van der Waals surface area contributed by atoms with Gasteiger partial charge in [-0.2, -0.15) is 0 Å². The first-order chi connectivity index (χ1) is 15.9. The molecule has 0 heterocycles. The van der Waals surface area contributed by atoms with Crippen molar-refractivity contribution in [1.29, 1.82) is 0 Å². The minimum Gasteiger partial charge on any atom is -0.493 e. The fourth-order valence-electron chi connectivity index (χ4n) is 3.77. The summed E-state index contributed by atoms with van der Waals surface area (Å²) in [6, 6.07) is 15.3. The van der Waals surface area contributed by atoms with Crippen molar-refractivity contribution >= 4 is 11.8 Å². The molecule has 0 aliphatic carbocycles. The molecule has 2 aromatic carbocycles. The maximum absolute atomic E-state index is 13.4. The van der Waals surface area contributed by atoms with Crippen molar-refractivity contribution in [3.05, 3.63) is 59.7 Å². The topological polar surface area (TPSA) is 67.9 Å². The number of hydrogen-bond acceptors (Lipinski definition) is 4. The Balaban J connectivity index is 2.16. The fourth-order valence-corrected chi connectivity index (χ4v) is 3.77. The zero-order valence-electron chi connectivity index (χ0n) is 20.6. The maximum atomic E-state index is 13.4. The number of amides is 2. The van der Waals surface area contributed by atoms with E-state index in [0.717, 1.165) is 17.5 Å². The van der Waals surface area contributed by atoms with Gasteiger partial charge >= 0.3 is 0 Å². The van der Waals surface area contributed by atoms with Crippen LogP contribution in [0.3, 0.4) is 0 Å².